The molecule has 1 aromatic carbocycles. The molecular formula is C16H20N2O2S. The van der Waals surface area contributed by atoms with Gasteiger partial charge in [-0.2, -0.15) is 0 Å². The van der Waals surface area contributed by atoms with Gasteiger partial charge in [-0.05, 0) is 48.4 Å². The first-order valence-electron chi connectivity index (χ1n) is 7.25. The summed E-state index contributed by atoms with van der Waals surface area (Å²) in [5.74, 6) is 7.36. The summed E-state index contributed by atoms with van der Waals surface area (Å²) < 4.78 is 11.2. The summed E-state index contributed by atoms with van der Waals surface area (Å²) in [5.41, 5.74) is 4.06. The molecule has 0 saturated heterocycles. The minimum Gasteiger partial charge on any atom is -0.486 e. The number of ether oxygens (including phenoxy) is 2. The van der Waals surface area contributed by atoms with Gasteiger partial charge >= 0.3 is 0 Å². The van der Waals surface area contributed by atoms with Gasteiger partial charge in [0, 0.05) is 10.9 Å². The van der Waals surface area contributed by atoms with Crippen molar-refractivity contribution < 1.29 is 9.47 Å². The van der Waals surface area contributed by atoms with Crippen molar-refractivity contribution in [2.24, 2.45) is 5.84 Å². The molecule has 1 atom stereocenters. The highest BCUT2D eigenvalue weighted by molar-refractivity contribution is 7.09. The zero-order valence-electron chi connectivity index (χ0n) is 11.9. The molecule has 3 N–H and O–H groups in total. The van der Waals surface area contributed by atoms with Crippen LogP contribution in [0, 0.1) is 0 Å². The van der Waals surface area contributed by atoms with Crippen LogP contribution in [0.4, 0.5) is 0 Å². The van der Waals surface area contributed by atoms with Crippen molar-refractivity contribution in [1.82, 2.24) is 5.43 Å². The SMILES string of the molecule is NNC(CCCc1cccs1)c1ccc2c(c1)OCCO2. The lowest BCUT2D eigenvalue weighted by Crippen LogP contribution is -2.28. The highest BCUT2D eigenvalue weighted by Gasteiger charge is 2.16. The quantitative estimate of drug-likeness (QED) is 0.636. The van der Waals surface area contributed by atoms with Crippen molar-refractivity contribution in [2.45, 2.75) is 25.3 Å². The standard InChI is InChI=1S/C16H20N2O2S/c17-18-14(5-1-3-13-4-2-10-21-13)12-6-7-15-16(11-12)20-9-8-19-15/h2,4,6-7,10-11,14,18H,1,3,5,8-9,17H2. The second-order valence-corrected chi connectivity index (χ2v) is 6.13. The molecule has 4 nitrogen and oxygen atoms in total. The highest BCUT2D eigenvalue weighted by atomic mass is 32.1. The van der Waals surface area contributed by atoms with Crippen molar-refractivity contribution in [2.75, 3.05) is 13.2 Å². The number of nitrogens with one attached hydrogen (secondary N) is 1. The second-order valence-electron chi connectivity index (χ2n) is 5.09. The Morgan fingerprint density at radius 3 is 2.81 bits per heavy atom. The Labute approximate surface area is 128 Å². The van der Waals surface area contributed by atoms with Crippen LogP contribution in [0.15, 0.2) is 35.7 Å². The van der Waals surface area contributed by atoms with E-state index in [0.29, 0.717) is 13.2 Å². The monoisotopic (exact) mass is 304 g/mol. The molecule has 1 aromatic heterocycles. The first kappa shape index (κ1) is 14.4. The summed E-state index contributed by atoms with van der Waals surface area (Å²) in [6.45, 7) is 1.22. The number of thiophene rings is 1. The van der Waals surface area contributed by atoms with E-state index < -0.39 is 0 Å². The molecule has 21 heavy (non-hydrogen) atoms. The largest absolute Gasteiger partial charge is 0.486 e. The van der Waals surface area contributed by atoms with Crippen molar-refractivity contribution in [3.8, 4) is 11.5 Å². The molecule has 3 rings (SSSR count). The number of hydrazine groups is 1. The molecule has 1 aliphatic rings. The van der Waals surface area contributed by atoms with Crippen molar-refractivity contribution in [1.29, 1.82) is 0 Å². The van der Waals surface area contributed by atoms with Crippen LogP contribution in [-0.2, 0) is 6.42 Å². The van der Waals surface area contributed by atoms with E-state index in [1.165, 1.54) is 4.88 Å². The predicted molar refractivity (Wildman–Crippen MR) is 84.8 cm³/mol. The van der Waals surface area contributed by atoms with Crippen LogP contribution in [0.2, 0.25) is 0 Å². The Kier molecular flexibility index (Phi) is 4.75. The maximum absolute atomic E-state index is 5.72. The summed E-state index contributed by atoms with van der Waals surface area (Å²) in [7, 11) is 0. The Bertz CT molecular complexity index is 572. The van der Waals surface area contributed by atoms with Gasteiger partial charge in [-0.1, -0.05) is 12.1 Å². The molecule has 0 bridgehead atoms. The topological polar surface area (TPSA) is 56.5 Å². The lowest BCUT2D eigenvalue weighted by Gasteiger charge is -2.22. The van der Waals surface area contributed by atoms with Crippen LogP contribution >= 0.6 is 11.3 Å². The van der Waals surface area contributed by atoms with Gasteiger partial charge in [0.05, 0.1) is 0 Å². The average Bonchev–Trinajstić information content (AvgIpc) is 3.04. The number of aryl methyl sites for hydroxylation is 1. The number of rotatable bonds is 6. The summed E-state index contributed by atoms with van der Waals surface area (Å²) in [6, 6.07) is 10.5. The maximum Gasteiger partial charge on any atom is 0.161 e. The molecule has 0 aliphatic carbocycles. The highest BCUT2D eigenvalue weighted by Crippen LogP contribution is 2.33. The van der Waals surface area contributed by atoms with Gasteiger partial charge in [-0.3, -0.25) is 11.3 Å². The van der Waals surface area contributed by atoms with Gasteiger partial charge in [-0.15, -0.1) is 11.3 Å². The maximum atomic E-state index is 5.72. The van der Waals surface area contributed by atoms with Gasteiger partial charge in [0.1, 0.15) is 13.2 Å². The van der Waals surface area contributed by atoms with Gasteiger partial charge < -0.3 is 9.47 Å². The molecule has 0 spiro atoms. The molecule has 5 heteroatoms. The molecule has 2 aromatic rings. The van der Waals surface area contributed by atoms with E-state index in [2.05, 4.69) is 29.0 Å². The summed E-state index contributed by atoms with van der Waals surface area (Å²) >= 11 is 1.81. The molecule has 2 heterocycles. The third kappa shape index (κ3) is 3.56. The van der Waals surface area contributed by atoms with E-state index in [9.17, 15) is 0 Å². The number of hydrogen-bond acceptors (Lipinski definition) is 5. The smallest absolute Gasteiger partial charge is 0.161 e. The third-order valence-electron chi connectivity index (χ3n) is 3.67. The van der Waals surface area contributed by atoms with E-state index in [4.69, 9.17) is 15.3 Å². The summed E-state index contributed by atoms with van der Waals surface area (Å²) in [4.78, 5) is 1.42. The zero-order valence-corrected chi connectivity index (χ0v) is 12.7. The van der Waals surface area contributed by atoms with Crippen LogP contribution in [-0.4, -0.2) is 13.2 Å². The molecule has 1 unspecified atom stereocenters. The van der Waals surface area contributed by atoms with Crippen molar-refractivity contribution >= 4 is 11.3 Å². The minimum absolute atomic E-state index is 0.140. The first-order chi connectivity index (χ1) is 10.4. The fourth-order valence-electron chi connectivity index (χ4n) is 2.56. The van der Waals surface area contributed by atoms with Crippen LogP contribution in [0.5, 0.6) is 11.5 Å². The van der Waals surface area contributed by atoms with Crippen molar-refractivity contribution in [3.05, 3.63) is 46.2 Å². The van der Waals surface area contributed by atoms with E-state index >= 15 is 0 Å². The minimum atomic E-state index is 0.140. The number of fused-ring (bicyclic) bond motifs is 1. The molecule has 0 amide bonds. The van der Waals surface area contributed by atoms with E-state index in [0.717, 1.165) is 36.3 Å². The normalized spacial score (nSPS) is 14.9. The fourth-order valence-corrected chi connectivity index (χ4v) is 3.31. The number of hydrogen-bond donors (Lipinski definition) is 2. The Morgan fingerprint density at radius 2 is 2.05 bits per heavy atom. The van der Waals surface area contributed by atoms with Gasteiger partial charge in [-0.25, -0.2) is 0 Å². The fraction of sp³-hybridized carbons (Fsp3) is 0.375. The molecule has 112 valence electrons. The molecule has 1 aliphatic heterocycles. The zero-order chi connectivity index (χ0) is 14.5. The van der Waals surface area contributed by atoms with E-state index in [1.807, 2.05) is 23.5 Å². The molecule has 0 saturated carbocycles. The predicted octanol–water partition coefficient (Wildman–Crippen LogP) is 3.05. The van der Waals surface area contributed by atoms with Crippen LogP contribution in [0.1, 0.15) is 29.3 Å². The lowest BCUT2D eigenvalue weighted by molar-refractivity contribution is 0.171. The van der Waals surface area contributed by atoms with Gasteiger partial charge in [0.2, 0.25) is 0 Å². The number of nitrogens with two attached hydrogens (primary N) is 1. The Morgan fingerprint density at radius 1 is 1.19 bits per heavy atom. The number of benzene rings is 1. The molecular weight excluding hydrogens is 284 g/mol. The Balaban J connectivity index is 1.62. The molecule has 0 radical (unpaired) electrons. The van der Waals surface area contributed by atoms with Crippen LogP contribution in [0.3, 0.4) is 0 Å². The summed E-state index contributed by atoms with van der Waals surface area (Å²) in [6.07, 6.45) is 3.19. The first-order valence-corrected chi connectivity index (χ1v) is 8.13. The lowest BCUT2D eigenvalue weighted by atomic mass is 10.0. The second kappa shape index (κ2) is 6.93. The third-order valence-corrected chi connectivity index (χ3v) is 4.60. The van der Waals surface area contributed by atoms with Gasteiger partial charge in [0.25, 0.3) is 0 Å². The van der Waals surface area contributed by atoms with Crippen LogP contribution in [0.25, 0.3) is 0 Å². The van der Waals surface area contributed by atoms with Gasteiger partial charge in [0.15, 0.2) is 11.5 Å². The van der Waals surface area contributed by atoms with E-state index in [1.54, 1.807) is 0 Å². The molecule has 0 fully saturated rings. The van der Waals surface area contributed by atoms with Crippen LogP contribution < -0.4 is 20.7 Å². The van der Waals surface area contributed by atoms with Crippen molar-refractivity contribution in [3.63, 3.8) is 0 Å². The Hall–Kier alpha value is -1.56. The van der Waals surface area contributed by atoms with E-state index in [-0.39, 0.29) is 6.04 Å². The summed E-state index contributed by atoms with van der Waals surface area (Å²) in [5, 5.41) is 2.12. The average molecular weight is 304 g/mol.